The van der Waals surface area contributed by atoms with Crippen molar-refractivity contribution in [1.82, 2.24) is 20.2 Å². The van der Waals surface area contributed by atoms with Crippen molar-refractivity contribution in [2.45, 2.75) is 51.5 Å². The number of nitrogens with zero attached hydrogens (tertiary/aromatic N) is 3. The van der Waals surface area contributed by atoms with E-state index in [1.165, 1.54) is 5.56 Å². The molecule has 39 heavy (non-hydrogen) atoms. The van der Waals surface area contributed by atoms with Gasteiger partial charge >= 0.3 is 0 Å². The molecular formula is C30H37N7O2. The molecule has 2 aliphatic rings. The van der Waals surface area contributed by atoms with Gasteiger partial charge in [-0.2, -0.15) is 4.98 Å². The van der Waals surface area contributed by atoms with Gasteiger partial charge in [0.1, 0.15) is 5.82 Å². The highest BCUT2D eigenvalue weighted by atomic mass is 16.2. The van der Waals surface area contributed by atoms with E-state index in [2.05, 4.69) is 61.5 Å². The third kappa shape index (κ3) is 5.73. The van der Waals surface area contributed by atoms with Crippen LogP contribution in [-0.4, -0.2) is 53.4 Å². The molecule has 9 nitrogen and oxygen atoms in total. The summed E-state index contributed by atoms with van der Waals surface area (Å²) in [7, 11) is 1.68. The average Bonchev–Trinajstić information content (AvgIpc) is 3.17. The van der Waals surface area contributed by atoms with E-state index in [-0.39, 0.29) is 11.8 Å². The zero-order valence-corrected chi connectivity index (χ0v) is 23.1. The topological polar surface area (TPSA) is 111 Å². The van der Waals surface area contributed by atoms with Gasteiger partial charge in [-0.05, 0) is 81.0 Å². The first-order valence-electron chi connectivity index (χ1n) is 13.6. The molecule has 0 aliphatic carbocycles. The van der Waals surface area contributed by atoms with Crippen LogP contribution < -0.4 is 21.3 Å². The number of hydrogen-bond donors (Lipinski definition) is 4. The summed E-state index contributed by atoms with van der Waals surface area (Å²) in [5, 5.41) is 12.5. The summed E-state index contributed by atoms with van der Waals surface area (Å²) in [6.07, 6.45) is 4.02. The van der Waals surface area contributed by atoms with Crippen molar-refractivity contribution in [2.24, 2.45) is 0 Å². The Morgan fingerprint density at radius 3 is 2.74 bits per heavy atom. The van der Waals surface area contributed by atoms with Crippen molar-refractivity contribution in [1.29, 1.82) is 0 Å². The minimum Gasteiger partial charge on any atom is -0.366 e. The molecule has 2 aliphatic heterocycles. The van der Waals surface area contributed by atoms with E-state index in [1.54, 1.807) is 13.2 Å². The number of carbonyl (C=O) groups excluding carboxylic acids is 2. The number of piperidine rings is 1. The first-order chi connectivity index (χ1) is 18.7. The molecule has 3 aromatic rings. The van der Waals surface area contributed by atoms with Gasteiger partial charge in [0.25, 0.3) is 0 Å². The number of carbonyl (C=O) groups is 2. The van der Waals surface area contributed by atoms with Crippen LogP contribution in [0.15, 0.2) is 48.7 Å². The molecule has 1 aromatic heterocycles. The highest BCUT2D eigenvalue weighted by Crippen LogP contribution is 2.39. The number of nitrogens with one attached hydrogen (secondary N) is 4. The minimum atomic E-state index is -0.576. The number of amides is 2. The lowest BCUT2D eigenvalue weighted by molar-refractivity contribution is -0.122. The normalized spacial score (nSPS) is 18.3. The quantitative estimate of drug-likeness (QED) is 0.346. The van der Waals surface area contributed by atoms with Crippen LogP contribution in [0.2, 0.25) is 0 Å². The molecule has 3 heterocycles. The number of likely N-dealkylation sites (N-methyl/N-ethyl adjacent to an activating group) is 1. The number of aromatic nitrogens is 2. The van der Waals surface area contributed by atoms with E-state index < -0.39 is 5.41 Å². The van der Waals surface area contributed by atoms with Crippen LogP contribution in [0.1, 0.15) is 54.9 Å². The van der Waals surface area contributed by atoms with Crippen LogP contribution in [-0.2, 0) is 21.5 Å². The number of likely N-dealkylation sites (tertiary alicyclic amines) is 1. The predicted molar refractivity (Wildman–Crippen MR) is 154 cm³/mol. The van der Waals surface area contributed by atoms with E-state index in [9.17, 15) is 9.59 Å². The second-order valence-corrected chi connectivity index (χ2v) is 11.0. The van der Waals surface area contributed by atoms with Crippen LogP contribution >= 0.6 is 0 Å². The number of hydrogen-bond acceptors (Lipinski definition) is 7. The number of benzene rings is 2. The lowest BCUT2D eigenvalue weighted by Gasteiger charge is -2.32. The van der Waals surface area contributed by atoms with Crippen molar-refractivity contribution in [3.63, 3.8) is 0 Å². The summed E-state index contributed by atoms with van der Waals surface area (Å²) >= 11 is 0. The monoisotopic (exact) mass is 527 g/mol. The molecule has 2 amide bonds. The van der Waals surface area contributed by atoms with Crippen LogP contribution in [0.5, 0.6) is 0 Å². The summed E-state index contributed by atoms with van der Waals surface area (Å²) < 4.78 is 0. The second-order valence-electron chi connectivity index (χ2n) is 11.0. The predicted octanol–water partition coefficient (Wildman–Crippen LogP) is 4.30. The van der Waals surface area contributed by atoms with E-state index in [0.717, 1.165) is 59.8 Å². The minimum absolute atomic E-state index is 0.0189. The van der Waals surface area contributed by atoms with Gasteiger partial charge in [-0.3, -0.25) is 14.5 Å². The molecule has 1 atom stereocenters. The molecule has 0 bridgehead atoms. The highest BCUT2D eigenvalue weighted by molar-refractivity contribution is 6.06. The van der Waals surface area contributed by atoms with Crippen LogP contribution in [0.25, 0.3) is 0 Å². The number of fused-ring (bicyclic) bond motifs is 1. The Kier molecular flexibility index (Phi) is 7.52. The standard InChI is InChI=1S/C30H37N7O2/c1-19-15-33-29(36-27(19)32-16-21-7-5-9-24-26(21)30(2,3)28(39)35-24)34-23-12-10-20(11-13-23)22-8-6-14-37(17-22)18-25(38)31-4/h5,7,9-13,15,22H,6,8,14,16-18H2,1-4H3,(H,31,38)(H,35,39)(H2,32,33,34,36). The molecule has 5 rings (SSSR count). The summed E-state index contributed by atoms with van der Waals surface area (Å²) in [4.78, 5) is 35.7. The fourth-order valence-corrected chi connectivity index (χ4v) is 5.56. The molecular weight excluding hydrogens is 490 g/mol. The summed E-state index contributed by atoms with van der Waals surface area (Å²) in [6, 6.07) is 14.4. The second kappa shape index (κ2) is 11.0. The molecule has 0 radical (unpaired) electrons. The van der Waals surface area contributed by atoms with Gasteiger partial charge < -0.3 is 21.3 Å². The van der Waals surface area contributed by atoms with E-state index in [1.807, 2.05) is 32.9 Å². The first kappa shape index (κ1) is 26.6. The number of aryl methyl sites for hydroxylation is 1. The Morgan fingerprint density at radius 2 is 1.97 bits per heavy atom. The van der Waals surface area contributed by atoms with Crippen molar-refractivity contribution in [3.05, 3.63) is 70.9 Å². The van der Waals surface area contributed by atoms with Crippen LogP contribution in [0.4, 0.5) is 23.1 Å². The van der Waals surface area contributed by atoms with Gasteiger partial charge in [-0.25, -0.2) is 4.98 Å². The van der Waals surface area contributed by atoms with Gasteiger partial charge in [0.15, 0.2) is 0 Å². The van der Waals surface area contributed by atoms with E-state index in [0.29, 0.717) is 25.0 Å². The molecule has 0 saturated carbocycles. The summed E-state index contributed by atoms with van der Waals surface area (Å²) in [5.74, 6) is 1.76. The highest BCUT2D eigenvalue weighted by Gasteiger charge is 2.39. The Balaban J connectivity index is 1.24. The van der Waals surface area contributed by atoms with Crippen molar-refractivity contribution < 1.29 is 9.59 Å². The Bertz CT molecular complexity index is 1370. The lowest BCUT2D eigenvalue weighted by Crippen LogP contribution is -2.41. The van der Waals surface area contributed by atoms with Crippen molar-refractivity contribution in [2.75, 3.05) is 42.6 Å². The van der Waals surface area contributed by atoms with Gasteiger partial charge in [0.2, 0.25) is 17.8 Å². The molecule has 204 valence electrons. The van der Waals surface area contributed by atoms with Gasteiger partial charge in [-0.15, -0.1) is 0 Å². The van der Waals surface area contributed by atoms with E-state index >= 15 is 0 Å². The molecule has 2 aromatic carbocycles. The van der Waals surface area contributed by atoms with Gasteiger partial charge in [-0.1, -0.05) is 24.3 Å². The molecule has 1 fully saturated rings. The molecule has 9 heteroatoms. The third-order valence-corrected chi connectivity index (χ3v) is 7.80. The average molecular weight is 528 g/mol. The van der Waals surface area contributed by atoms with Crippen molar-refractivity contribution >= 4 is 35.0 Å². The summed E-state index contributed by atoms with van der Waals surface area (Å²) in [6.45, 7) is 8.74. The SMILES string of the molecule is CNC(=O)CN1CCCC(c2ccc(Nc3ncc(C)c(NCc4cccc5c4C(C)(C)C(=O)N5)n3)cc2)C1. The Labute approximate surface area is 229 Å². The maximum Gasteiger partial charge on any atom is 0.234 e. The lowest BCUT2D eigenvalue weighted by atomic mass is 9.83. The van der Waals surface area contributed by atoms with Crippen molar-refractivity contribution in [3.8, 4) is 0 Å². The zero-order valence-electron chi connectivity index (χ0n) is 23.1. The summed E-state index contributed by atoms with van der Waals surface area (Å²) in [5.41, 5.74) is 5.53. The number of rotatable bonds is 8. The van der Waals surface area contributed by atoms with Crippen LogP contribution in [0.3, 0.4) is 0 Å². The molecule has 4 N–H and O–H groups in total. The maximum atomic E-state index is 12.4. The third-order valence-electron chi connectivity index (χ3n) is 7.80. The fourth-order valence-electron chi connectivity index (χ4n) is 5.56. The van der Waals surface area contributed by atoms with Gasteiger partial charge in [0.05, 0.1) is 12.0 Å². The largest absolute Gasteiger partial charge is 0.366 e. The molecule has 1 saturated heterocycles. The smallest absolute Gasteiger partial charge is 0.234 e. The van der Waals surface area contributed by atoms with Gasteiger partial charge in [0, 0.05) is 43.3 Å². The number of anilines is 4. The van der Waals surface area contributed by atoms with E-state index in [4.69, 9.17) is 4.98 Å². The fraction of sp³-hybridized carbons (Fsp3) is 0.400. The molecule has 1 unspecified atom stereocenters. The maximum absolute atomic E-state index is 12.4. The molecule has 0 spiro atoms. The van der Waals surface area contributed by atoms with Crippen LogP contribution in [0, 0.1) is 6.92 Å². The first-order valence-corrected chi connectivity index (χ1v) is 13.6. The zero-order chi connectivity index (χ0) is 27.6. The Morgan fingerprint density at radius 1 is 1.18 bits per heavy atom. The Hall–Kier alpha value is -3.98.